The lowest BCUT2D eigenvalue weighted by molar-refractivity contribution is -0.149. The molecule has 0 aliphatic heterocycles. The van der Waals surface area contributed by atoms with Crippen LogP contribution in [-0.2, 0) is 32.2 Å². The van der Waals surface area contributed by atoms with Crippen molar-refractivity contribution in [2.24, 2.45) is 0 Å². The van der Waals surface area contributed by atoms with Crippen LogP contribution in [0.1, 0.15) is 17.5 Å². The Bertz CT molecular complexity index is 1160. The number of carbonyl (C=O) groups excluding carboxylic acids is 2. The Morgan fingerprint density at radius 3 is 2.17 bits per heavy atom. The molecule has 8 nitrogen and oxygen atoms in total. The molecule has 0 aliphatic rings. The second kappa shape index (κ2) is 12.7. The molecule has 0 bridgehead atoms. The number of hydrogen-bond acceptors (Lipinski definition) is 5. The van der Waals surface area contributed by atoms with E-state index in [2.05, 4.69) is 10.8 Å². The molecule has 0 saturated carbocycles. The Balaban J connectivity index is 1.64. The minimum atomic E-state index is -1.73. The maximum absolute atomic E-state index is 12.4. The van der Waals surface area contributed by atoms with Gasteiger partial charge in [-0.2, -0.15) is 0 Å². The number of aliphatic carboxylic acids is 1. The molecule has 0 aliphatic carbocycles. The van der Waals surface area contributed by atoms with Gasteiger partial charge in [-0.15, -0.1) is 0 Å². The molecule has 0 aromatic heterocycles. The smallest absolute Gasteiger partial charge is 0.332 e. The van der Waals surface area contributed by atoms with E-state index in [9.17, 15) is 19.5 Å². The van der Waals surface area contributed by atoms with Crippen molar-refractivity contribution < 1.29 is 29.4 Å². The molecule has 0 saturated heterocycles. The fourth-order valence-corrected chi connectivity index (χ4v) is 3.75. The van der Waals surface area contributed by atoms with Gasteiger partial charge in [0.25, 0.3) is 0 Å². The minimum absolute atomic E-state index is 0.0628. The highest BCUT2D eigenvalue weighted by Crippen LogP contribution is 2.29. The summed E-state index contributed by atoms with van der Waals surface area (Å²) in [5.41, 5.74) is 5.30. The Labute approximate surface area is 207 Å². The average molecular weight is 497 g/mol. The van der Waals surface area contributed by atoms with Crippen molar-refractivity contribution in [1.29, 1.82) is 0 Å². The number of aliphatic hydroxyl groups is 1. The summed E-state index contributed by atoms with van der Waals surface area (Å²) in [4.78, 5) is 40.8. The summed E-state index contributed by atoms with van der Waals surface area (Å²) in [5, 5.41) is 21.9. The number of carboxylic acid groups (broad SMARTS) is 1. The predicted octanol–water partition coefficient (Wildman–Crippen LogP) is 3.12. The van der Waals surface area contributed by atoms with Crippen molar-refractivity contribution in [2.45, 2.75) is 31.6 Å². The van der Waals surface area contributed by atoms with Crippen LogP contribution in [0, 0.1) is 0 Å². The summed E-state index contributed by atoms with van der Waals surface area (Å²) in [7, 11) is 0. The average Bonchev–Trinajstić information content (AvgIpc) is 2.85. The summed E-state index contributed by atoms with van der Waals surface area (Å²) in [5.74, 6) is -3.50. The molecule has 4 N–H and O–H groups in total. The number of carboxylic acids is 1. The van der Waals surface area contributed by atoms with E-state index in [1.807, 2.05) is 54.6 Å². The first-order valence-electron chi connectivity index (χ1n) is 10.8. The molecule has 0 unspecified atom stereocenters. The Hall–Kier alpha value is -3.72. The molecule has 9 heteroatoms. The molecular weight excluding hydrogens is 472 g/mol. The third-order valence-corrected chi connectivity index (χ3v) is 5.49. The normalized spacial score (nSPS) is 12.4. The van der Waals surface area contributed by atoms with Crippen LogP contribution >= 0.6 is 11.6 Å². The lowest BCUT2D eigenvalue weighted by atomic mass is 9.97. The van der Waals surface area contributed by atoms with E-state index in [0.29, 0.717) is 10.6 Å². The fraction of sp³-hybridized carbons (Fsp3) is 0.192. The largest absolute Gasteiger partial charge is 0.479 e. The minimum Gasteiger partial charge on any atom is -0.479 e. The molecule has 182 valence electrons. The van der Waals surface area contributed by atoms with Gasteiger partial charge < -0.3 is 15.5 Å². The van der Waals surface area contributed by atoms with Gasteiger partial charge >= 0.3 is 17.8 Å². The van der Waals surface area contributed by atoms with Crippen molar-refractivity contribution in [3.63, 3.8) is 0 Å². The summed E-state index contributed by atoms with van der Waals surface area (Å²) in [6.45, 7) is 0.0628. The third-order valence-electron chi connectivity index (χ3n) is 5.18. The van der Waals surface area contributed by atoms with Crippen LogP contribution in [0.4, 0.5) is 0 Å². The lowest BCUT2D eigenvalue weighted by Crippen LogP contribution is -2.47. The number of nitrogens with one attached hydrogen (secondary N) is 2. The Morgan fingerprint density at radius 1 is 0.886 bits per heavy atom. The highest BCUT2D eigenvalue weighted by atomic mass is 35.5. The topological polar surface area (TPSA) is 125 Å². The zero-order valence-corrected chi connectivity index (χ0v) is 19.4. The van der Waals surface area contributed by atoms with Crippen LogP contribution in [0.15, 0.2) is 78.9 Å². The number of hydrogen-bond donors (Lipinski definition) is 4. The summed E-state index contributed by atoms with van der Waals surface area (Å²) < 4.78 is 0. The molecule has 3 rings (SSSR count). The number of carbonyl (C=O) groups is 3. The van der Waals surface area contributed by atoms with Gasteiger partial charge in [0.05, 0.1) is 6.61 Å². The van der Waals surface area contributed by atoms with E-state index in [0.717, 1.165) is 16.7 Å². The van der Waals surface area contributed by atoms with Gasteiger partial charge in [0.1, 0.15) is 0 Å². The Morgan fingerprint density at radius 2 is 1.54 bits per heavy atom. The Kier molecular flexibility index (Phi) is 9.37. The van der Waals surface area contributed by atoms with Crippen LogP contribution < -0.4 is 10.8 Å². The van der Waals surface area contributed by atoms with Crippen molar-refractivity contribution in [2.75, 3.05) is 0 Å². The molecular formula is C26H25ClN2O6. The van der Waals surface area contributed by atoms with Crippen molar-refractivity contribution in [1.82, 2.24) is 10.8 Å². The standard InChI is InChI=1S/C26H25ClN2O6/c27-22-14-18(11-12-21(22)19-9-5-2-6-10-19)13-20(15-23(30)26(33)34)28-24(31)25(32)29-35-16-17-7-3-1-4-8-17/h1-12,14,20,23,30H,13,15-16H2,(H,28,31)(H,29,32)(H,33,34)/t20-,23-/m1/s1. The van der Waals surface area contributed by atoms with Crippen LogP contribution in [0.3, 0.4) is 0 Å². The molecule has 3 aromatic rings. The molecule has 2 amide bonds. The number of rotatable bonds is 10. The monoisotopic (exact) mass is 496 g/mol. The van der Waals surface area contributed by atoms with Gasteiger partial charge in [-0.1, -0.05) is 84.4 Å². The van der Waals surface area contributed by atoms with Gasteiger partial charge in [-0.3, -0.25) is 14.4 Å². The van der Waals surface area contributed by atoms with Crippen LogP contribution in [0.5, 0.6) is 0 Å². The highest BCUT2D eigenvalue weighted by Gasteiger charge is 2.25. The first-order valence-corrected chi connectivity index (χ1v) is 11.2. The summed E-state index contributed by atoms with van der Waals surface area (Å²) >= 11 is 6.46. The maximum atomic E-state index is 12.4. The van der Waals surface area contributed by atoms with E-state index in [4.69, 9.17) is 21.5 Å². The molecule has 0 fully saturated rings. The second-order valence-corrected chi connectivity index (χ2v) is 8.26. The van der Waals surface area contributed by atoms with E-state index in [-0.39, 0.29) is 19.4 Å². The number of aliphatic hydroxyl groups excluding tert-OH is 1. The van der Waals surface area contributed by atoms with E-state index in [1.165, 1.54) is 0 Å². The van der Waals surface area contributed by atoms with Crippen LogP contribution in [0.25, 0.3) is 11.1 Å². The second-order valence-electron chi connectivity index (χ2n) is 7.85. The molecule has 2 atom stereocenters. The van der Waals surface area contributed by atoms with Crippen molar-refractivity contribution in [3.8, 4) is 11.1 Å². The number of benzene rings is 3. The quantitative estimate of drug-likeness (QED) is 0.252. The third kappa shape index (κ3) is 7.92. The summed E-state index contributed by atoms with van der Waals surface area (Å²) in [6, 6.07) is 23.1. The molecule has 0 heterocycles. The number of amides is 2. The molecule has 35 heavy (non-hydrogen) atoms. The lowest BCUT2D eigenvalue weighted by Gasteiger charge is -2.20. The molecule has 0 spiro atoms. The van der Waals surface area contributed by atoms with Crippen molar-refractivity contribution in [3.05, 3.63) is 95.0 Å². The van der Waals surface area contributed by atoms with E-state index in [1.54, 1.807) is 24.3 Å². The van der Waals surface area contributed by atoms with Crippen molar-refractivity contribution >= 4 is 29.4 Å². The van der Waals surface area contributed by atoms with E-state index < -0.39 is 29.9 Å². The summed E-state index contributed by atoms with van der Waals surface area (Å²) in [6.07, 6.45) is -1.89. The van der Waals surface area contributed by atoms with Gasteiger partial charge in [0.15, 0.2) is 6.10 Å². The van der Waals surface area contributed by atoms with E-state index >= 15 is 0 Å². The van der Waals surface area contributed by atoms with Crippen LogP contribution in [-0.4, -0.2) is 40.1 Å². The maximum Gasteiger partial charge on any atom is 0.332 e. The fourth-order valence-electron chi connectivity index (χ4n) is 3.44. The first kappa shape index (κ1) is 25.9. The zero-order chi connectivity index (χ0) is 25.2. The highest BCUT2D eigenvalue weighted by molar-refractivity contribution is 6.35. The SMILES string of the molecule is O=C(NOCc1ccccc1)C(=O)N[C@H](Cc1ccc(-c2ccccc2)c(Cl)c1)C[C@@H](O)C(=O)O. The predicted molar refractivity (Wildman–Crippen MR) is 130 cm³/mol. The van der Waals surface area contributed by atoms with Gasteiger partial charge in [0.2, 0.25) is 0 Å². The number of hydroxylamine groups is 1. The zero-order valence-electron chi connectivity index (χ0n) is 18.7. The van der Waals surface area contributed by atoms with Gasteiger partial charge in [-0.05, 0) is 29.2 Å². The van der Waals surface area contributed by atoms with Gasteiger partial charge in [-0.25, -0.2) is 10.3 Å². The van der Waals surface area contributed by atoms with Gasteiger partial charge in [0, 0.05) is 23.0 Å². The number of halogens is 1. The van der Waals surface area contributed by atoms with Crippen LogP contribution in [0.2, 0.25) is 5.02 Å². The molecule has 0 radical (unpaired) electrons. The molecule has 3 aromatic carbocycles. The first-order chi connectivity index (χ1) is 16.8.